The van der Waals surface area contributed by atoms with Crippen LogP contribution in [-0.4, -0.2) is 13.2 Å². The van der Waals surface area contributed by atoms with Gasteiger partial charge in [-0.1, -0.05) is 13.0 Å². The van der Waals surface area contributed by atoms with Gasteiger partial charge in [0.05, 0.1) is 13.2 Å². The molecule has 4 heteroatoms. The van der Waals surface area contributed by atoms with Crippen molar-refractivity contribution in [3.63, 3.8) is 0 Å². The fourth-order valence-corrected chi connectivity index (χ4v) is 2.81. The van der Waals surface area contributed by atoms with Gasteiger partial charge in [-0.2, -0.15) is 0 Å². The molecule has 64 valence electrons. The zero-order valence-corrected chi connectivity index (χ0v) is 7.77. The van der Waals surface area contributed by atoms with E-state index in [2.05, 4.69) is 0 Å². The quantitative estimate of drug-likeness (QED) is 0.606. The molecule has 0 saturated carbocycles. The summed E-state index contributed by atoms with van der Waals surface area (Å²) in [5.74, 6) is 0. The first-order valence-corrected chi connectivity index (χ1v) is 5.32. The van der Waals surface area contributed by atoms with Crippen molar-refractivity contribution in [3.05, 3.63) is 11.4 Å². The Morgan fingerprint density at radius 1 is 1.55 bits per heavy atom. The van der Waals surface area contributed by atoms with E-state index in [-0.39, 0.29) is 0 Å². The van der Waals surface area contributed by atoms with Crippen LogP contribution >= 0.6 is 7.60 Å². The van der Waals surface area contributed by atoms with Gasteiger partial charge in [0.25, 0.3) is 0 Å². The van der Waals surface area contributed by atoms with Crippen molar-refractivity contribution in [2.45, 2.75) is 20.3 Å². The van der Waals surface area contributed by atoms with Crippen LogP contribution in [0.25, 0.3) is 0 Å². The lowest BCUT2D eigenvalue weighted by atomic mass is 10.4. The Hall–Kier alpha value is -0.110. The molecule has 1 fully saturated rings. The van der Waals surface area contributed by atoms with E-state index in [1.165, 1.54) is 0 Å². The average molecular weight is 176 g/mol. The van der Waals surface area contributed by atoms with E-state index in [0.29, 0.717) is 13.2 Å². The topological polar surface area (TPSA) is 35.5 Å². The molecule has 1 heterocycles. The second-order valence-corrected chi connectivity index (χ2v) is 4.38. The lowest BCUT2D eigenvalue weighted by molar-refractivity contribution is 0.359. The number of hydrogen-bond acceptors (Lipinski definition) is 3. The van der Waals surface area contributed by atoms with E-state index in [1.807, 2.05) is 19.9 Å². The Morgan fingerprint density at radius 2 is 2.09 bits per heavy atom. The molecule has 0 radical (unpaired) electrons. The lowest BCUT2D eigenvalue weighted by Crippen LogP contribution is -1.85. The molecule has 1 rings (SSSR count). The van der Waals surface area contributed by atoms with Gasteiger partial charge in [0, 0.05) is 5.31 Å². The van der Waals surface area contributed by atoms with Crippen molar-refractivity contribution in [1.29, 1.82) is 0 Å². The predicted octanol–water partition coefficient (Wildman–Crippen LogP) is 2.54. The highest BCUT2D eigenvalue weighted by atomic mass is 31.2. The van der Waals surface area contributed by atoms with Crippen molar-refractivity contribution in [2.75, 3.05) is 13.2 Å². The largest absolute Gasteiger partial charge is 0.357 e. The number of rotatable bonds is 2. The summed E-state index contributed by atoms with van der Waals surface area (Å²) in [6.45, 7) is 4.70. The van der Waals surface area contributed by atoms with Gasteiger partial charge in [0.1, 0.15) is 0 Å². The number of hydrogen-bond donors (Lipinski definition) is 0. The van der Waals surface area contributed by atoms with Crippen LogP contribution in [0.1, 0.15) is 20.3 Å². The lowest BCUT2D eigenvalue weighted by Gasteiger charge is -2.10. The number of allylic oxidation sites excluding steroid dienone is 2. The minimum absolute atomic E-state index is 0.453. The van der Waals surface area contributed by atoms with E-state index >= 15 is 0 Å². The van der Waals surface area contributed by atoms with Gasteiger partial charge in [-0.3, -0.25) is 4.57 Å². The van der Waals surface area contributed by atoms with Crippen LogP contribution in [0, 0.1) is 0 Å². The Kier molecular flexibility index (Phi) is 2.88. The van der Waals surface area contributed by atoms with Crippen molar-refractivity contribution in [1.82, 2.24) is 0 Å². The van der Waals surface area contributed by atoms with Crippen LogP contribution in [0.15, 0.2) is 11.4 Å². The molecule has 0 unspecified atom stereocenters. The van der Waals surface area contributed by atoms with E-state index in [1.54, 1.807) is 0 Å². The van der Waals surface area contributed by atoms with Crippen LogP contribution in [0.5, 0.6) is 0 Å². The molecule has 1 saturated heterocycles. The van der Waals surface area contributed by atoms with Gasteiger partial charge < -0.3 is 9.05 Å². The van der Waals surface area contributed by atoms with E-state index in [9.17, 15) is 4.57 Å². The SMILES string of the molecule is C/C=C(/CC)P1(=O)OCCO1. The zero-order chi connectivity index (χ0) is 8.32. The van der Waals surface area contributed by atoms with Gasteiger partial charge in [-0.05, 0) is 13.3 Å². The Morgan fingerprint density at radius 3 is 2.45 bits per heavy atom. The van der Waals surface area contributed by atoms with Crippen molar-refractivity contribution in [2.24, 2.45) is 0 Å². The standard InChI is InChI=1S/C7H13O3P/c1-3-7(4-2)11(8)9-5-6-10-11/h3H,4-6H2,1-2H3/b7-3-. The summed E-state index contributed by atoms with van der Waals surface area (Å²) in [4.78, 5) is 0. The molecule has 0 atom stereocenters. The molecule has 0 aliphatic carbocycles. The molecule has 0 spiro atoms. The summed E-state index contributed by atoms with van der Waals surface area (Å²) in [5.41, 5.74) is 0. The molecule has 3 nitrogen and oxygen atoms in total. The molecule has 0 aromatic carbocycles. The van der Waals surface area contributed by atoms with E-state index < -0.39 is 7.60 Å². The Balaban J connectivity index is 2.78. The smallest absolute Gasteiger partial charge is 0.303 e. The van der Waals surface area contributed by atoms with Gasteiger partial charge in [0.15, 0.2) is 0 Å². The first kappa shape index (κ1) is 8.98. The summed E-state index contributed by atoms with van der Waals surface area (Å²) >= 11 is 0. The first-order chi connectivity index (χ1) is 5.23. The van der Waals surface area contributed by atoms with Gasteiger partial charge in [-0.25, -0.2) is 0 Å². The van der Waals surface area contributed by atoms with Crippen molar-refractivity contribution in [3.8, 4) is 0 Å². The maximum Gasteiger partial charge on any atom is 0.357 e. The fourth-order valence-electron chi connectivity index (χ4n) is 1.07. The second-order valence-electron chi connectivity index (χ2n) is 2.30. The maximum absolute atomic E-state index is 11.7. The highest BCUT2D eigenvalue weighted by Crippen LogP contribution is 2.59. The molecule has 0 N–H and O–H groups in total. The monoisotopic (exact) mass is 176 g/mol. The van der Waals surface area contributed by atoms with Crippen molar-refractivity contribution >= 4 is 7.60 Å². The fraction of sp³-hybridized carbons (Fsp3) is 0.714. The summed E-state index contributed by atoms with van der Waals surface area (Å²) in [6.07, 6.45) is 2.54. The van der Waals surface area contributed by atoms with E-state index in [4.69, 9.17) is 9.05 Å². The second kappa shape index (κ2) is 3.53. The highest BCUT2D eigenvalue weighted by Gasteiger charge is 2.32. The minimum Gasteiger partial charge on any atom is -0.303 e. The third-order valence-corrected chi connectivity index (χ3v) is 3.98. The highest BCUT2D eigenvalue weighted by molar-refractivity contribution is 7.58. The molecule has 0 bridgehead atoms. The molecular formula is C7H13O3P. The predicted molar refractivity (Wildman–Crippen MR) is 43.6 cm³/mol. The van der Waals surface area contributed by atoms with Gasteiger partial charge in [-0.15, -0.1) is 0 Å². The molecule has 11 heavy (non-hydrogen) atoms. The summed E-state index contributed by atoms with van der Waals surface area (Å²) in [5, 5.41) is 0.787. The Labute approximate surface area is 66.9 Å². The molecule has 0 aromatic rings. The van der Waals surface area contributed by atoms with Gasteiger partial charge >= 0.3 is 7.60 Å². The van der Waals surface area contributed by atoms with E-state index in [0.717, 1.165) is 11.7 Å². The third kappa shape index (κ3) is 1.73. The minimum atomic E-state index is -2.82. The molecule has 1 aliphatic heterocycles. The first-order valence-electron chi connectivity index (χ1n) is 3.78. The average Bonchev–Trinajstić information content (AvgIpc) is 2.39. The Bertz CT molecular complexity index is 200. The summed E-state index contributed by atoms with van der Waals surface area (Å²) in [6, 6.07) is 0. The van der Waals surface area contributed by atoms with Crippen LogP contribution in [0.4, 0.5) is 0 Å². The maximum atomic E-state index is 11.7. The van der Waals surface area contributed by atoms with Crippen LogP contribution < -0.4 is 0 Å². The van der Waals surface area contributed by atoms with Crippen LogP contribution in [0.2, 0.25) is 0 Å². The summed E-state index contributed by atoms with van der Waals surface area (Å²) in [7, 11) is -2.82. The molecule has 0 amide bonds. The molecular weight excluding hydrogens is 163 g/mol. The normalized spacial score (nSPS) is 24.0. The van der Waals surface area contributed by atoms with Crippen molar-refractivity contribution < 1.29 is 13.6 Å². The summed E-state index contributed by atoms with van der Waals surface area (Å²) < 4.78 is 21.8. The molecule has 0 aromatic heterocycles. The van der Waals surface area contributed by atoms with Crippen LogP contribution in [0.3, 0.4) is 0 Å². The zero-order valence-electron chi connectivity index (χ0n) is 6.87. The molecule has 1 aliphatic rings. The van der Waals surface area contributed by atoms with Gasteiger partial charge in [0.2, 0.25) is 0 Å². The van der Waals surface area contributed by atoms with Crippen LogP contribution in [-0.2, 0) is 13.6 Å². The third-order valence-electron chi connectivity index (χ3n) is 1.65.